The van der Waals surface area contributed by atoms with E-state index >= 15 is 0 Å². The lowest BCUT2D eigenvalue weighted by Crippen LogP contribution is -2.00. The molecular formula is C55H34N4O. The van der Waals surface area contributed by atoms with Crippen LogP contribution in [0.25, 0.3) is 117 Å². The van der Waals surface area contributed by atoms with Gasteiger partial charge in [-0.3, -0.25) is 0 Å². The van der Waals surface area contributed by atoms with Crippen LogP contribution in [0.1, 0.15) is 0 Å². The summed E-state index contributed by atoms with van der Waals surface area (Å²) in [5.74, 6) is 1.85. The number of nitrogens with zero attached hydrogens (tertiary/aromatic N) is 4. The normalized spacial score (nSPS) is 11.7. The van der Waals surface area contributed by atoms with E-state index in [0.717, 1.165) is 72.0 Å². The van der Waals surface area contributed by atoms with Gasteiger partial charge < -0.3 is 8.98 Å². The van der Waals surface area contributed by atoms with Gasteiger partial charge in [0, 0.05) is 38.2 Å². The van der Waals surface area contributed by atoms with Crippen LogP contribution in [0.3, 0.4) is 0 Å². The van der Waals surface area contributed by atoms with E-state index in [2.05, 4.69) is 168 Å². The molecule has 5 nitrogen and oxygen atoms in total. The molecule has 9 aromatic carbocycles. The third kappa shape index (κ3) is 5.59. The zero-order chi connectivity index (χ0) is 39.6. The molecule has 5 heteroatoms. The molecule has 0 fully saturated rings. The van der Waals surface area contributed by atoms with E-state index in [4.69, 9.17) is 19.4 Å². The van der Waals surface area contributed by atoms with Crippen LogP contribution in [0.15, 0.2) is 211 Å². The molecule has 280 valence electrons. The van der Waals surface area contributed by atoms with Gasteiger partial charge in [-0.15, -0.1) is 0 Å². The van der Waals surface area contributed by atoms with E-state index in [1.54, 1.807) is 0 Å². The molecule has 0 saturated heterocycles. The molecule has 12 aromatic rings. The molecule has 0 unspecified atom stereocenters. The molecule has 0 radical (unpaired) electrons. The maximum Gasteiger partial charge on any atom is 0.164 e. The molecule has 3 aromatic heterocycles. The quantitative estimate of drug-likeness (QED) is 0.169. The molecule has 12 rings (SSSR count). The molecule has 60 heavy (non-hydrogen) atoms. The summed E-state index contributed by atoms with van der Waals surface area (Å²) in [7, 11) is 0. The summed E-state index contributed by atoms with van der Waals surface area (Å²) in [4.78, 5) is 15.2. The summed E-state index contributed by atoms with van der Waals surface area (Å²) < 4.78 is 9.25. The smallest absolute Gasteiger partial charge is 0.164 e. The van der Waals surface area contributed by atoms with Gasteiger partial charge in [0.15, 0.2) is 23.1 Å². The summed E-state index contributed by atoms with van der Waals surface area (Å²) in [6.45, 7) is 0. The Labute approximate surface area is 345 Å². The first-order valence-electron chi connectivity index (χ1n) is 20.2. The third-order valence-corrected chi connectivity index (χ3v) is 11.6. The Morgan fingerprint density at radius 1 is 0.350 bits per heavy atom. The first-order chi connectivity index (χ1) is 29.7. The molecule has 0 bridgehead atoms. The van der Waals surface area contributed by atoms with E-state index in [9.17, 15) is 0 Å². The largest absolute Gasteiger partial charge is 0.454 e. The number of furan rings is 1. The highest BCUT2D eigenvalue weighted by Crippen LogP contribution is 2.43. The molecule has 0 atom stereocenters. The van der Waals surface area contributed by atoms with Crippen LogP contribution in [0, 0.1) is 0 Å². The molecule has 0 spiro atoms. The van der Waals surface area contributed by atoms with Gasteiger partial charge in [0.25, 0.3) is 0 Å². The first kappa shape index (κ1) is 33.9. The second-order valence-electron chi connectivity index (χ2n) is 15.2. The van der Waals surface area contributed by atoms with Gasteiger partial charge in [0.05, 0.1) is 16.7 Å². The summed E-state index contributed by atoms with van der Waals surface area (Å²) in [5, 5.41) is 6.96. The van der Waals surface area contributed by atoms with Crippen LogP contribution in [-0.4, -0.2) is 19.5 Å². The van der Waals surface area contributed by atoms with Gasteiger partial charge in [-0.2, -0.15) is 0 Å². The van der Waals surface area contributed by atoms with Gasteiger partial charge in [0.2, 0.25) is 0 Å². The Kier molecular flexibility index (Phi) is 7.78. The average molecular weight is 767 g/mol. The lowest BCUT2D eigenvalue weighted by Gasteiger charge is -2.13. The minimum atomic E-state index is 0.607. The van der Waals surface area contributed by atoms with Gasteiger partial charge in [-0.1, -0.05) is 170 Å². The molecule has 0 aliphatic rings. The minimum Gasteiger partial charge on any atom is -0.454 e. The number of aromatic nitrogens is 4. The molecule has 0 aliphatic carbocycles. The number of rotatable bonds is 6. The van der Waals surface area contributed by atoms with Crippen LogP contribution in [-0.2, 0) is 0 Å². The van der Waals surface area contributed by atoms with Crippen molar-refractivity contribution in [3.63, 3.8) is 0 Å². The SMILES string of the molecule is c1ccc(-c2ccc(-c3nc(-c4ccccc4)nc(-c4cccc(-c5ccc(-n6c7ccccc7c7cc8ccccc8cc76)c6oc7ccccc7c56)c4)n3)cc2)cc1. The molecule has 0 amide bonds. The minimum absolute atomic E-state index is 0.607. The number of hydrogen-bond acceptors (Lipinski definition) is 4. The van der Waals surface area contributed by atoms with Crippen LogP contribution in [0.2, 0.25) is 0 Å². The lowest BCUT2D eigenvalue weighted by atomic mass is 9.97. The fraction of sp³-hybridized carbons (Fsp3) is 0. The van der Waals surface area contributed by atoms with Gasteiger partial charge in [-0.25, -0.2) is 15.0 Å². The van der Waals surface area contributed by atoms with Crippen LogP contribution in [0.5, 0.6) is 0 Å². The predicted octanol–water partition coefficient (Wildman–Crippen LogP) is 14.4. The highest BCUT2D eigenvalue weighted by molar-refractivity contribution is 6.18. The second-order valence-corrected chi connectivity index (χ2v) is 15.2. The van der Waals surface area contributed by atoms with Crippen molar-refractivity contribution in [1.82, 2.24) is 19.5 Å². The van der Waals surface area contributed by atoms with Gasteiger partial charge >= 0.3 is 0 Å². The van der Waals surface area contributed by atoms with E-state index in [1.165, 1.54) is 27.1 Å². The highest BCUT2D eigenvalue weighted by Gasteiger charge is 2.22. The lowest BCUT2D eigenvalue weighted by molar-refractivity contribution is 0.666. The Morgan fingerprint density at radius 2 is 0.900 bits per heavy atom. The highest BCUT2D eigenvalue weighted by atomic mass is 16.3. The number of benzene rings is 9. The Bertz CT molecular complexity index is 3590. The fourth-order valence-electron chi connectivity index (χ4n) is 8.76. The zero-order valence-electron chi connectivity index (χ0n) is 32.3. The molecule has 0 aliphatic heterocycles. The summed E-state index contributed by atoms with van der Waals surface area (Å²) >= 11 is 0. The zero-order valence-corrected chi connectivity index (χ0v) is 32.3. The molecule has 0 N–H and O–H groups in total. The van der Waals surface area contributed by atoms with Gasteiger partial charge in [-0.05, 0) is 69.4 Å². The Morgan fingerprint density at radius 3 is 1.67 bits per heavy atom. The summed E-state index contributed by atoms with van der Waals surface area (Å²) in [6.07, 6.45) is 0. The van der Waals surface area contributed by atoms with Crippen LogP contribution < -0.4 is 0 Å². The van der Waals surface area contributed by atoms with Crippen molar-refractivity contribution in [3.8, 4) is 62.1 Å². The Balaban J connectivity index is 1.03. The Hall–Kier alpha value is -8.15. The molecule has 3 heterocycles. The van der Waals surface area contributed by atoms with Crippen molar-refractivity contribution < 1.29 is 4.42 Å². The predicted molar refractivity (Wildman–Crippen MR) is 246 cm³/mol. The summed E-state index contributed by atoms with van der Waals surface area (Å²) in [6, 6.07) is 72.1. The van der Waals surface area contributed by atoms with Crippen LogP contribution in [0.4, 0.5) is 0 Å². The number of hydrogen-bond donors (Lipinski definition) is 0. The molecular weight excluding hydrogens is 733 g/mol. The maximum absolute atomic E-state index is 6.88. The monoisotopic (exact) mass is 766 g/mol. The summed E-state index contributed by atoms with van der Waals surface area (Å²) in [5.41, 5.74) is 12.1. The van der Waals surface area contributed by atoms with Crippen molar-refractivity contribution in [2.75, 3.05) is 0 Å². The topological polar surface area (TPSA) is 56.7 Å². The maximum atomic E-state index is 6.88. The van der Waals surface area contributed by atoms with Crippen molar-refractivity contribution in [2.24, 2.45) is 0 Å². The number of para-hydroxylation sites is 2. The van der Waals surface area contributed by atoms with Crippen molar-refractivity contribution >= 4 is 54.5 Å². The third-order valence-electron chi connectivity index (χ3n) is 11.6. The van der Waals surface area contributed by atoms with E-state index < -0.39 is 0 Å². The van der Waals surface area contributed by atoms with Crippen molar-refractivity contribution in [1.29, 1.82) is 0 Å². The van der Waals surface area contributed by atoms with Gasteiger partial charge in [0.1, 0.15) is 5.58 Å². The fourth-order valence-corrected chi connectivity index (χ4v) is 8.76. The number of fused-ring (bicyclic) bond motifs is 7. The second kappa shape index (κ2) is 13.8. The van der Waals surface area contributed by atoms with Crippen LogP contribution >= 0.6 is 0 Å². The average Bonchev–Trinajstić information content (AvgIpc) is 3.87. The van der Waals surface area contributed by atoms with Crippen molar-refractivity contribution in [3.05, 3.63) is 206 Å². The van der Waals surface area contributed by atoms with E-state index in [0.29, 0.717) is 17.5 Å². The standard InChI is InChI=1S/C55H34N4O/c1-3-14-35(15-4-1)36-26-28-38(29-27-36)54-56-53(37-16-5-2-6-17-37)57-55(58-54)42-21-13-20-41(32-42)43-30-31-48(52-51(43)45-23-10-12-25-50(45)60-52)59-47-24-11-9-22-44(47)46-33-39-18-7-8-19-40(39)34-49(46)59/h1-34H. The molecule has 0 saturated carbocycles. The van der Waals surface area contributed by atoms with Crippen molar-refractivity contribution in [2.45, 2.75) is 0 Å². The van der Waals surface area contributed by atoms with E-state index in [1.807, 2.05) is 42.5 Å². The first-order valence-corrected chi connectivity index (χ1v) is 20.2. The van der Waals surface area contributed by atoms with E-state index in [-0.39, 0.29) is 0 Å².